The topological polar surface area (TPSA) is 64.3 Å². The van der Waals surface area contributed by atoms with E-state index in [2.05, 4.69) is 19.2 Å². The molecule has 0 bridgehead atoms. The number of nitrogen functional groups attached to an aromatic ring is 1. The molecule has 0 radical (unpaired) electrons. The first-order valence-electron chi connectivity index (χ1n) is 6.77. The van der Waals surface area contributed by atoms with E-state index >= 15 is 0 Å². The SMILES string of the molecule is CCC(C)NC(=O)c1ccc(OCC(C)C)c(N)c1. The summed E-state index contributed by atoms with van der Waals surface area (Å²) in [7, 11) is 0. The molecule has 0 aromatic heterocycles. The highest BCUT2D eigenvalue weighted by Crippen LogP contribution is 2.23. The number of carbonyl (C=O) groups excluding carboxylic acids is 1. The molecule has 0 saturated carbocycles. The maximum absolute atomic E-state index is 11.9. The molecule has 0 aliphatic carbocycles. The van der Waals surface area contributed by atoms with Crippen LogP contribution in [0, 0.1) is 5.92 Å². The Labute approximate surface area is 115 Å². The Balaban J connectivity index is 2.73. The minimum absolute atomic E-state index is 0.101. The van der Waals surface area contributed by atoms with E-state index in [0.717, 1.165) is 6.42 Å². The molecular weight excluding hydrogens is 240 g/mol. The molecule has 3 N–H and O–H groups in total. The van der Waals surface area contributed by atoms with Crippen molar-refractivity contribution < 1.29 is 9.53 Å². The molecule has 4 heteroatoms. The van der Waals surface area contributed by atoms with Crippen LogP contribution < -0.4 is 15.8 Å². The number of nitrogens with one attached hydrogen (secondary N) is 1. The molecule has 0 fully saturated rings. The van der Waals surface area contributed by atoms with Crippen molar-refractivity contribution in [3.05, 3.63) is 23.8 Å². The summed E-state index contributed by atoms with van der Waals surface area (Å²) < 4.78 is 5.58. The van der Waals surface area contributed by atoms with Gasteiger partial charge in [0.1, 0.15) is 5.75 Å². The minimum Gasteiger partial charge on any atom is -0.491 e. The maximum atomic E-state index is 11.9. The molecule has 0 aliphatic heterocycles. The molecule has 1 atom stereocenters. The molecule has 0 spiro atoms. The zero-order chi connectivity index (χ0) is 14.4. The van der Waals surface area contributed by atoms with Crippen molar-refractivity contribution in [1.82, 2.24) is 5.32 Å². The van der Waals surface area contributed by atoms with E-state index in [1.807, 2.05) is 13.8 Å². The van der Waals surface area contributed by atoms with E-state index in [9.17, 15) is 4.79 Å². The van der Waals surface area contributed by atoms with Crippen molar-refractivity contribution in [2.45, 2.75) is 40.2 Å². The van der Waals surface area contributed by atoms with Gasteiger partial charge in [-0.2, -0.15) is 0 Å². The Morgan fingerprint density at radius 2 is 2.05 bits per heavy atom. The van der Waals surface area contributed by atoms with Gasteiger partial charge in [-0.05, 0) is 37.5 Å². The summed E-state index contributed by atoms with van der Waals surface area (Å²) in [6, 6.07) is 5.31. The lowest BCUT2D eigenvalue weighted by atomic mass is 10.1. The molecular formula is C15H24N2O2. The van der Waals surface area contributed by atoms with Crippen LogP contribution in [0.5, 0.6) is 5.75 Å². The van der Waals surface area contributed by atoms with E-state index in [1.165, 1.54) is 0 Å². The van der Waals surface area contributed by atoms with Gasteiger partial charge in [0.2, 0.25) is 0 Å². The van der Waals surface area contributed by atoms with E-state index in [4.69, 9.17) is 10.5 Å². The molecule has 1 aromatic rings. The number of hydrogen-bond donors (Lipinski definition) is 2. The second-order valence-electron chi connectivity index (χ2n) is 5.24. The second-order valence-corrected chi connectivity index (χ2v) is 5.24. The maximum Gasteiger partial charge on any atom is 0.251 e. The van der Waals surface area contributed by atoms with Crippen molar-refractivity contribution in [2.75, 3.05) is 12.3 Å². The third kappa shape index (κ3) is 4.81. The molecule has 0 heterocycles. The highest BCUT2D eigenvalue weighted by atomic mass is 16.5. The van der Waals surface area contributed by atoms with Crippen LogP contribution in [0.1, 0.15) is 44.5 Å². The predicted molar refractivity (Wildman–Crippen MR) is 78.4 cm³/mol. The molecule has 1 aromatic carbocycles. The van der Waals surface area contributed by atoms with Gasteiger partial charge in [0.25, 0.3) is 5.91 Å². The summed E-state index contributed by atoms with van der Waals surface area (Å²) >= 11 is 0. The normalized spacial score (nSPS) is 12.3. The smallest absolute Gasteiger partial charge is 0.251 e. The van der Waals surface area contributed by atoms with Crippen molar-refractivity contribution in [3.8, 4) is 5.75 Å². The molecule has 4 nitrogen and oxygen atoms in total. The first-order valence-corrected chi connectivity index (χ1v) is 6.77. The van der Waals surface area contributed by atoms with Gasteiger partial charge in [0, 0.05) is 11.6 Å². The van der Waals surface area contributed by atoms with Crippen molar-refractivity contribution in [2.24, 2.45) is 5.92 Å². The largest absolute Gasteiger partial charge is 0.491 e. The quantitative estimate of drug-likeness (QED) is 0.776. The van der Waals surface area contributed by atoms with E-state index in [1.54, 1.807) is 18.2 Å². The van der Waals surface area contributed by atoms with E-state index in [-0.39, 0.29) is 11.9 Å². The first-order chi connectivity index (χ1) is 8.93. The van der Waals surface area contributed by atoms with E-state index in [0.29, 0.717) is 29.5 Å². The number of benzene rings is 1. The van der Waals surface area contributed by atoms with Crippen molar-refractivity contribution >= 4 is 11.6 Å². The number of anilines is 1. The molecule has 1 amide bonds. The zero-order valence-corrected chi connectivity index (χ0v) is 12.2. The van der Waals surface area contributed by atoms with Crippen LogP contribution >= 0.6 is 0 Å². The van der Waals surface area contributed by atoms with Gasteiger partial charge >= 0.3 is 0 Å². The van der Waals surface area contributed by atoms with Gasteiger partial charge in [0.15, 0.2) is 0 Å². The van der Waals surface area contributed by atoms with Gasteiger partial charge in [0.05, 0.1) is 12.3 Å². The summed E-state index contributed by atoms with van der Waals surface area (Å²) in [5, 5.41) is 2.91. The summed E-state index contributed by atoms with van der Waals surface area (Å²) in [4.78, 5) is 11.9. The summed E-state index contributed by atoms with van der Waals surface area (Å²) in [5.41, 5.74) is 6.97. The highest BCUT2D eigenvalue weighted by molar-refractivity contribution is 5.95. The van der Waals surface area contributed by atoms with Crippen LogP contribution in [-0.2, 0) is 0 Å². The summed E-state index contributed by atoms with van der Waals surface area (Å²) in [6.07, 6.45) is 0.900. The van der Waals surface area contributed by atoms with Gasteiger partial charge in [-0.15, -0.1) is 0 Å². The fourth-order valence-electron chi connectivity index (χ4n) is 1.49. The van der Waals surface area contributed by atoms with Gasteiger partial charge in [-0.25, -0.2) is 0 Å². The third-order valence-electron chi connectivity index (χ3n) is 2.83. The molecule has 1 rings (SSSR count). The zero-order valence-electron chi connectivity index (χ0n) is 12.2. The van der Waals surface area contributed by atoms with E-state index < -0.39 is 0 Å². The monoisotopic (exact) mass is 264 g/mol. The lowest BCUT2D eigenvalue weighted by molar-refractivity contribution is 0.0939. The number of ether oxygens (including phenoxy) is 1. The van der Waals surface area contributed by atoms with Gasteiger partial charge in [-0.3, -0.25) is 4.79 Å². The fourth-order valence-corrected chi connectivity index (χ4v) is 1.49. The van der Waals surface area contributed by atoms with Crippen LogP contribution in [-0.4, -0.2) is 18.6 Å². The summed E-state index contributed by atoms with van der Waals surface area (Å²) in [6.45, 7) is 8.76. The molecule has 0 saturated heterocycles. The Kier molecular flexibility index (Phi) is 5.67. The second kappa shape index (κ2) is 7.02. The number of carbonyl (C=O) groups is 1. The minimum atomic E-state index is -0.101. The highest BCUT2D eigenvalue weighted by Gasteiger charge is 2.11. The van der Waals surface area contributed by atoms with Crippen LogP contribution in [0.15, 0.2) is 18.2 Å². The van der Waals surface area contributed by atoms with Crippen LogP contribution in [0.4, 0.5) is 5.69 Å². The average molecular weight is 264 g/mol. The van der Waals surface area contributed by atoms with Gasteiger partial charge < -0.3 is 15.8 Å². The standard InChI is InChI=1S/C15H24N2O2/c1-5-11(4)17-15(18)12-6-7-14(13(16)8-12)19-9-10(2)3/h6-8,10-11H,5,9,16H2,1-4H3,(H,17,18). The summed E-state index contributed by atoms with van der Waals surface area (Å²) in [5.74, 6) is 0.970. The lowest BCUT2D eigenvalue weighted by Crippen LogP contribution is -2.31. The number of rotatable bonds is 6. The molecule has 1 unspecified atom stereocenters. The number of nitrogens with two attached hydrogens (primary N) is 1. The molecule has 19 heavy (non-hydrogen) atoms. The predicted octanol–water partition coefficient (Wildman–Crippen LogP) is 2.83. The molecule has 0 aliphatic rings. The fraction of sp³-hybridized carbons (Fsp3) is 0.533. The van der Waals surface area contributed by atoms with Gasteiger partial charge in [-0.1, -0.05) is 20.8 Å². The molecule has 106 valence electrons. The lowest BCUT2D eigenvalue weighted by Gasteiger charge is -2.14. The Bertz CT molecular complexity index is 430. The Morgan fingerprint density at radius 3 is 2.58 bits per heavy atom. The average Bonchev–Trinajstić information content (AvgIpc) is 2.36. The Hall–Kier alpha value is -1.71. The van der Waals surface area contributed by atoms with Crippen molar-refractivity contribution in [1.29, 1.82) is 0 Å². The van der Waals surface area contributed by atoms with Crippen molar-refractivity contribution in [3.63, 3.8) is 0 Å². The van der Waals surface area contributed by atoms with Crippen LogP contribution in [0.3, 0.4) is 0 Å². The van der Waals surface area contributed by atoms with Crippen LogP contribution in [0.2, 0.25) is 0 Å². The Morgan fingerprint density at radius 1 is 1.37 bits per heavy atom. The number of amides is 1. The first kappa shape index (κ1) is 15.3. The number of hydrogen-bond acceptors (Lipinski definition) is 3. The third-order valence-corrected chi connectivity index (χ3v) is 2.83. The van der Waals surface area contributed by atoms with Crippen LogP contribution in [0.25, 0.3) is 0 Å².